The molecule has 1 aliphatic heterocycles. The summed E-state index contributed by atoms with van der Waals surface area (Å²) in [6.07, 6.45) is 1.16. The molecule has 0 spiro atoms. The second kappa shape index (κ2) is 4.70. The van der Waals surface area contributed by atoms with Gasteiger partial charge in [0.25, 0.3) is 0 Å². The van der Waals surface area contributed by atoms with Crippen molar-refractivity contribution in [2.45, 2.75) is 6.92 Å². The summed E-state index contributed by atoms with van der Waals surface area (Å²) in [5.41, 5.74) is 1.77. The normalized spacial score (nSPS) is 17.2. The lowest BCUT2D eigenvalue weighted by Crippen LogP contribution is -2.53. The van der Waals surface area contributed by atoms with E-state index in [2.05, 4.69) is 5.32 Å². The third kappa shape index (κ3) is 2.70. The van der Waals surface area contributed by atoms with Crippen LogP contribution in [0.4, 0.5) is 5.69 Å². The molecule has 0 atom stereocenters. The van der Waals surface area contributed by atoms with Crippen LogP contribution < -0.4 is 5.32 Å². The minimum atomic E-state index is -3.16. The number of rotatable bonds is 3. The van der Waals surface area contributed by atoms with Crippen molar-refractivity contribution in [1.82, 2.24) is 4.31 Å². The Labute approximate surface area is 107 Å². The SMILES string of the molecule is Cc1ccccc1NC(=O)C1CN(S(C)(=O)=O)C1. The predicted molar refractivity (Wildman–Crippen MR) is 69.7 cm³/mol. The number of nitrogens with zero attached hydrogens (tertiary/aromatic N) is 1. The highest BCUT2D eigenvalue weighted by atomic mass is 32.2. The summed E-state index contributed by atoms with van der Waals surface area (Å²) in [5.74, 6) is -0.372. The van der Waals surface area contributed by atoms with Crippen LogP contribution in [0.25, 0.3) is 0 Å². The van der Waals surface area contributed by atoms with Crippen molar-refractivity contribution in [3.05, 3.63) is 29.8 Å². The number of para-hydroxylation sites is 1. The quantitative estimate of drug-likeness (QED) is 0.882. The molecular formula is C12H16N2O3S. The highest BCUT2D eigenvalue weighted by Crippen LogP contribution is 2.21. The molecule has 1 heterocycles. The molecule has 1 aromatic carbocycles. The highest BCUT2D eigenvalue weighted by molar-refractivity contribution is 7.88. The number of hydrogen-bond donors (Lipinski definition) is 1. The van der Waals surface area contributed by atoms with E-state index < -0.39 is 10.0 Å². The maximum absolute atomic E-state index is 11.9. The number of sulfonamides is 1. The highest BCUT2D eigenvalue weighted by Gasteiger charge is 2.37. The lowest BCUT2D eigenvalue weighted by molar-refractivity contribution is -0.122. The van der Waals surface area contributed by atoms with Gasteiger partial charge < -0.3 is 5.32 Å². The third-order valence-corrected chi connectivity index (χ3v) is 4.33. The molecule has 0 aromatic heterocycles. The van der Waals surface area contributed by atoms with Crippen LogP contribution in [-0.4, -0.2) is 38.0 Å². The van der Waals surface area contributed by atoms with E-state index in [0.29, 0.717) is 0 Å². The average molecular weight is 268 g/mol. The first-order chi connectivity index (χ1) is 8.38. The standard InChI is InChI=1S/C12H16N2O3S/c1-9-5-3-4-6-11(9)13-12(15)10-7-14(8-10)18(2,16)17/h3-6,10H,7-8H2,1-2H3,(H,13,15). The van der Waals surface area contributed by atoms with Crippen LogP contribution >= 0.6 is 0 Å². The molecule has 1 saturated heterocycles. The van der Waals surface area contributed by atoms with Crippen LogP contribution in [-0.2, 0) is 14.8 Å². The van der Waals surface area contributed by atoms with Crippen molar-refractivity contribution in [2.75, 3.05) is 24.7 Å². The van der Waals surface area contributed by atoms with Crippen molar-refractivity contribution in [3.63, 3.8) is 0 Å². The lowest BCUT2D eigenvalue weighted by Gasteiger charge is -2.36. The summed E-state index contributed by atoms with van der Waals surface area (Å²) in [5, 5.41) is 2.82. The molecule has 0 radical (unpaired) electrons. The fourth-order valence-corrected chi connectivity index (χ4v) is 2.72. The molecule has 98 valence electrons. The first kappa shape index (κ1) is 13.0. The van der Waals surface area contributed by atoms with Crippen LogP contribution in [0.5, 0.6) is 0 Å². The molecule has 0 unspecified atom stereocenters. The lowest BCUT2D eigenvalue weighted by atomic mass is 10.0. The summed E-state index contributed by atoms with van der Waals surface area (Å²) in [6, 6.07) is 7.51. The average Bonchev–Trinajstić information content (AvgIpc) is 2.16. The number of amides is 1. The summed E-state index contributed by atoms with van der Waals surface area (Å²) >= 11 is 0. The molecule has 6 heteroatoms. The van der Waals surface area contributed by atoms with Crippen LogP contribution in [0, 0.1) is 12.8 Å². The zero-order valence-corrected chi connectivity index (χ0v) is 11.2. The zero-order chi connectivity index (χ0) is 13.3. The van der Waals surface area contributed by atoms with E-state index in [1.54, 1.807) is 0 Å². The number of carbonyl (C=O) groups excluding carboxylic acids is 1. The Morgan fingerprint density at radius 3 is 2.50 bits per heavy atom. The molecule has 18 heavy (non-hydrogen) atoms. The Hall–Kier alpha value is -1.40. The van der Waals surface area contributed by atoms with Crippen molar-refractivity contribution in [3.8, 4) is 0 Å². The molecule has 1 aliphatic rings. The summed E-state index contributed by atoms with van der Waals surface area (Å²) in [6.45, 7) is 2.46. The van der Waals surface area contributed by atoms with E-state index in [1.165, 1.54) is 4.31 Å². The van der Waals surface area contributed by atoms with Gasteiger partial charge in [-0.15, -0.1) is 0 Å². The zero-order valence-electron chi connectivity index (χ0n) is 10.4. The van der Waals surface area contributed by atoms with Crippen LogP contribution in [0.3, 0.4) is 0 Å². The Morgan fingerprint density at radius 2 is 1.94 bits per heavy atom. The van der Waals surface area contributed by atoms with Gasteiger partial charge in [-0.05, 0) is 18.6 Å². The van der Waals surface area contributed by atoms with Gasteiger partial charge in [0.2, 0.25) is 15.9 Å². The van der Waals surface area contributed by atoms with Gasteiger partial charge in [-0.3, -0.25) is 4.79 Å². The van der Waals surface area contributed by atoms with Crippen LogP contribution in [0.1, 0.15) is 5.56 Å². The van der Waals surface area contributed by atoms with Crippen molar-refractivity contribution in [2.24, 2.45) is 5.92 Å². The van der Waals surface area contributed by atoms with Crippen molar-refractivity contribution >= 4 is 21.6 Å². The second-order valence-electron chi connectivity index (χ2n) is 4.58. The Morgan fingerprint density at radius 1 is 1.33 bits per heavy atom. The van der Waals surface area contributed by atoms with Gasteiger partial charge in [0, 0.05) is 18.8 Å². The number of anilines is 1. The minimum absolute atomic E-state index is 0.121. The van der Waals surface area contributed by atoms with Gasteiger partial charge in [0.05, 0.1) is 12.2 Å². The summed E-state index contributed by atoms with van der Waals surface area (Å²) in [7, 11) is -3.16. The minimum Gasteiger partial charge on any atom is -0.326 e. The summed E-state index contributed by atoms with van der Waals surface area (Å²) in [4.78, 5) is 11.9. The molecule has 0 aliphatic carbocycles. The molecule has 0 bridgehead atoms. The first-order valence-electron chi connectivity index (χ1n) is 5.69. The van der Waals surface area contributed by atoms with Gasteiger partial charge in [0.1, 0.15) is 0 Å². The fourth-order valence-electron chi connectivity index (χ4n) is 1.82. The van der Waals surface area contributed by atoms with Crippen molar-refractivity contribution < 1.29 is 13.2 Å². The van der Waals surface area contributed by atoms with Crippen molar-refractivity contribution in [1.29, 1.82) is 0 Å². The van der Waals surface area contributed by atoms with Gasteiger partial charge in [-0.25, -0.2) is 12.7 Å². The smallest absolute Gasteiger partial charge is 0.230 e. The largest absolute Gasteiger partial charge is 0.326 e. The molecule has 5 nitrogen and oxygen atoms in total. The maximum Gasteiger partial charge on any atom is 0.230 e. The second-order valence-corrected chi connectivity index (χ2v) is 6.56. The molecule has 1 fully saturated rings. The van der Waals surface area contributed by atoms with E-state index >= 15 is 0 Å². The Bertz CT molecular complexity index is 562. The van der Waals surface area contributed by atoms with Gasteiger partial charge in [-0.1, -0.05) is 18.2 Å². The molecule has 1 N–H and O–H groups in total. The van der Waals surface area contributed by atoms with E-state index in [9.17, 15) is 13.2 Å². The number of benzene rings is 1. The Kier molecular flexibility index (Phi) is 3.41. The van der Waals surface area contributed by atoms with Gasteiger partial charge >= 0.3 is 0 Å². The molecule has 2 rings (SSSR count). The number of carbonyl (C=O) groups is 1. The number of aryl methyl sites for hydroxylation is 1. The van der Waals surface area contributed by atoms with E-state index in [1.807, 2.05) is 31.2 Å². The fraction of sp³-hybridized carbons (Fsp3) is 0.417. The monoisotopic (exact) mass is 268 g/mol. The summed E-state index contributed by atoms with van der Waals surface area (Å²) < 4.78 is 23.7. The van der Waals surface area contributed by atoms with Crippen LogP contribution in [0.2, 0.25) is 0 Å². The van der Waals surface area contributed by atoms with Gasteiger partial charge in [-0.2, -0.15) is 0 Å². The maximum atomic E-state index is 11.9. The number of nitrogens with one attached hydrogen (secondary N) is 1. The first-order valence-corrected chi connectivity index (χ1v) is 7.54. The molecule has 1 aromatic rings. The third-order valence-electron chi connectivity index (χ3n) is 3.09. The number of hydrogen-bond acceptors (Lipinski definition) is 3. The van der Waals surface area contributed by atoms with E-state index in [-0.39, 0.29) is 24.9 Å². The molecule has 0 saturated carbocycles. The van der Waals surface area contributed by atoms with E-state index in [4.69, 9.17) is 0 Å². The molecule has 1 amide bonds. The van der Waals surface area contributed by atoms with Crippen LogP contribution in [0.15, 0.2) is 24.3 Å². The topological polar surface area (TPSA) is 66.5 Å². The molecular weight excluding hydrogens is 252 g/mol. The predicted octanol–water partition coefficient (Wildman–Crippen LogP) is 0.825. The van der Waals surface area contributed by atoms with Gasteiger partial charge in [0.15, 0.2) is 0 Å². The Balaban J connectivity index is 1.94. The van der Waals surface area contributed by atoms with E-state index in [0.717, 1.165) is 17.5 Å².